The molecule has 2 aromatic carbocycles. The van der Waals surface area contributed by atoms with Crippen LogP contribution in [0.2, 0.25) is 15.1 Å². The molecule has 124 valence electrons. The highest BCUT2D eigenvalue weighted by Gasteiger charge is 2.18. The molecule has 4 aromatic rings. The van der Waals surface area contributed by atoms with Crippen LogP contribution in [0.5, 0.6) is 0 Å². The maximum atomic E-state index is 13.2. The van der Waals surface area contributed by atoms with Crippen molar-refractivity contribution in [3.8, 4) is 11.5 Å². The van der Waals surface area contributed by atoms with E-state index in [1.54, 1.807) is 12.1 Å². The monoisotopic (exact) mass is 390 g/mol. The van der Waals surface area contributed by atoms with Crippen LogP contribution in [0.3, 0.4) is 0 Å². The molecule has 0 aliphatic carbocycles. The van der Waals surface area contributed by atoms with E-state index >= 15 is 0 Å². The van der Waals surface area contributed by atoms with E-state index in [0.29, 0.717) is 21.9 Å². The fourth-order valence-electron chi connectivity index (χ4n) is 2.71. The molecule has 5 nitrogen and oxygen atoms in total. The number of hydrogen-bond acceptors (Lipinski definition) is 3. The lowest BCUT2D eigenvalue weighted by molar-refractivity contribution is 0.796. The van der Waals surface area contributed by atoms with Crippen LogP contribution in [-0.2, 0) is 0 Å². The number of nitrogens with zero attached hydrogens (tertiary/aromatic N) is 4. The smallest absolute Gasteiger partial charge is 0.264 e. The molecule has 0 atom stereocenters. The summed E-state index contributed by atoms with van der Waals surface area (Å²) in [6, 6.07) is 12.2. The minimum Gasteiger partial charge on any atom is -0.268 e. The third-order valence-electron chi connectivity index (χ3n) is 3.77. The molecule has 0 spiro atoms. The van der Waals surface area contributed by atoms with Crippen LogP contribution >= 0.6 is 34.8 Å². The van der Waals surface area contributed by atoms with Gasteiger partial charge in [0.2, 0.25) is 0 Å². The summed E-state index contributed by atoms with van der Waals surface area (Å²) in [7, 11) is 0. The standard InChI is InChI=1S/C17H9Cl3N4O/c18-11-6-13(19)16(14(20)7-11)24-15(23-9-21-8-22-23)5-10-3-1-2-4-12(10)17(24)25/h1-9H. The quantitative estimate of drug-likeness (QED) is 0.504. The van der Waals surface area contributed by atoms with Crippen molar-refractivity contribution < 1.29 is 0 Å². The van der Waals surface area contributed by atoms with Crippen molar-refractivity contribution in [2.45, 2.75) is 0 Å². The second-order valence-corrected chi connectivity index (χ2v) is 6.54. The molecule has 4 rings (SSSR count). The van der Waals surface area contributed by atoms with E-state index in [2.05, 4.69) is 10.1 Å². The van der Waals surface area contributed by atoms with E-state index in [-0.39, 0.29) is 15.6 Å². The molecule has 0 N–H and O–H groups in total. The Bertz CT molecular complexity index is 1130. The maximum Gasteiger partial charge on any atom is 0.264 e. The molecule has 2 aromatic heterocycles. The summed E-state index contributed by atoms with van der Waals surface area (Å²) in [5.41, 5.74) is 0.0729. The average molecular weight is 392 g/mol. The Hall–Kier alpha value is -2.34. The van der Waals surface area contributed by atoms with Crippen LogP contribution in [0.4, 0.5) is 0 Å². The summed E-state index contributed by atoms with van der Waals surface area (Å²) >= 11 is 18.7. The Kier molecular flexibility index (Phi) is 4.00. The Morgan fingerprint density at radius 2 is 1.68 bits per heavy atom. The van der Waals surface area contributed by atoms with E-state index in [1.165, 1.54) is 34.0 Å². The Balaban J connectivity index is 2.18. The lowest BCUT2D eigenvalue weighted by Crippen LogP contribution is -2.23. The molecule has 0 unspecified atom stereocenters. The first kappa shape index (κ1) is 16.1. The topological polar surface area (TPSA) is 52.7 Å². The highest BCUT2D eigenvalue weighted by molar-refractivity contribution is 6.40. The molecule has 0 radical (unpaired) electrons. The van der Waals surface area contributed by atoms with Crippen molar-refractivity contribution in [2.75, 3.05) is 0 Å². The van der Waals surface area contributed by atoms with Gasteiger partial charge in [0, 0.05) is 10.4 Å². The highest BCUT2D eigenvalue weighted by atomic mass is 35.5. The Morgan fingerprint density at radius 1 is 0.960 bits per heavy atom. The van der Waals surface area contributed by atoms with Gasteiger partial charge in [0.25, 0.3) is 5.56 Å². The maximum absolute atomic E-state index is 13.2. The van der Waals surface area contributed by atoms with Gasteiger partial charge in [-0.25, -0.2) is 9.67 Å². The van der Waals surface area contributed by atoms with Crippen molar-refractivity contribution in [3.05, 3.63) is 80.5 Å². The second kappa shape index (κ2) is 6.19. The predicted molar refractivity (Wildman–Crippen MR) is 99.5 cm³/mol. The third kappa shape index (κ3) is 2.70. The molecule has 2 heterocycles. The van der Waals surface area contributed by atoms with Gasteiger partial charge in [-0.3, -0.25) is 9.36 Å². The summed E-state index contributed by atoms with van der Waals surface area (Å²) in [4.78, 5) is 17.1. The molecule has 0 bridgehead atoms. The number of rotatable bonds is 2. The van der Waals surface area contributed by atoms with Crippen molar-refractivity contribution in [3.63, 3.8) is 0 Å². The Morgan fingerprint density at radius 3 is 2.36 bits per heavy atom. The van der Waals surface area contributed by atoms with Crippen LogP contribution in [0, 0.1) is 0 Å². The fraction of sp³-hybridized carbons (Fsp3) is 0. The van der Waals surface area contributed by atoms with Crippen LogP contribution in [0.1, 0.15) is 0 Å². The molecule has 0 fully saturated rings. The zero-order valence-electron chi connectivity index (χ0n) is 12.5. The van der Waals surface area contributed by atoms with Gasteiger partial charge >= 0.3 is 0 Å². The molecule has 0 saturated carbocycles. The zero-order chi connectivity index (χ0) is 17.6. The molecular formula is C17H9Cl3N4O. The zero-order valence-corrected chi connectivity index (χ0v) is 14.8. The predicted octanol–water partition coefficient (Wildman–Crippen LogP) is 4.53. The number of pyridine rings is 1. The number of halogens is 3. The Labute approximate surface area is 157 Å². The number of hydrogen-bond donors (Lipinski definition) is 0. The van der Waals surface area contributed by atoms with Gasteiger partial charge in [0.15, 0.2) is 0 Å². The summed E-state index contributed by atoms with van der Waals surface area (Å²) in [5.74, 6) is 0.465. The average Bonchev–Trinajstić information content (AvgIpc) is 3.10. The fourth-order valence-corrected chi connectivity index (χ4v) is 3.69. The van der Waals surface area contributed by atoms with Crippen molar-refractivity contribution in [1.82, 2.24) is 19.3 Å². The minimum absolute atomic E-state index is 0.260. The van der Waals surface area contributed by atoms with Gasteiger partial charge in [-0.1, -0.05) is 53.0 Å². The summed E-state index contributed by atoms with van der Waals surface area (Å²) in [6.07, 6.45) is 2.88. The largest absolute Gasteiger partial charge is 0.268 e. The number of aromatic nitrogens is 4. The van der Waals surface area contributed by atoms with Gasteiger partial charge in [-0.2, -0.15) is 5.10 Å². The third-order valence-corrected chi connectivity index (χ3v) is 4.56. The minimum atomic E-state index is -0.269. The van der Waals surface area contributed by atoms with E-state index < -0.39 is 0 Å². The van der Waals surface area contributed by atoms with Crippen molar-refractivity contribution in [1.29, 1.82) is 0 Å². The highest BCUT2D eigenvalue weighted by Crippen LogP contribution is 2.33. The molecule has 0 aliphatic rings. The van der Waals surface area contributed by atoms with Crippen LogP contribution in [0.15, 0.2) is 59.9 Å². The van der Waals surface area contributed by atoms with E-state index in [4.69, 9.17) is 34.8 Å². The molecule has 0 saturated heterocycles. The van der Waals surface area contributed by atoms with Crippen molar-refractivity contribution >= 4 is 45.6 Å². The number of fused-ring (bicyclic) bond motifs is 1. The summed E-state index contributed by atoms with van der Waals surface area (Å²) in [5, 5.41) is 6.35. The summed E-state index contributed by atoms with van der Waals surface area (Å²) < 4.78 is 2.90. The SMILES string of the molecule is O=c1c2ccccc2cc(-n2cncn2)n1-c1c(Cl)cc(Cl)cc1Cl. The second-order valence-electron chi connectivity index (χ2n) is 5.29. The van der Waals surface area contributed by atoms with E-state index in [0.717, 1.165) is 5.39 Å². The van der Waals surface area contributed by atoms with Crippen LogP contribution in [-0.4, -0.2) is 19.3 Å². The first-order chi connectivity index (χ1) is 12.1. The van der Waals surface area contributed by atoms with Crippen molar-refractivity contribution in [2.24, 2.45) is 0 Å². The van der Waals surface area contributed by atoms with Gasteiger partial charge in [0.05, 0.1) is 15.7 Å². The van der Waals surface area contributed by atoms with Gasteiger partial charge < -0.3 is 0 Å². The molecule has 8 heteroatoms. The molecule has 0 aliphatic heterocycles. The van der Waals surface area contributed by atoms with Crippen LogP contribution < -0.4 is 5.56 Å². The first-order valence-corrected chi connectivity index (χ1v) is 8.34. The lowest BCUT2D eigenvalue weighted by Gasteiger charge is -2.17. The van der Waals surface area contributed by atoms with E-state index in [1.807, 2.05) is 18.2 Å². The molecule has 0 amide bonds. The van der Waals surface area contributed by atoms with Gasteiger partial charge in [-0.15, -0.1) is 0 Å². The van der Waals surface area contributed by atoms with Crippen LogP contribution in [0.25, 0.3) is 22.3 Å². The van der Waals surface area contributed by atoms with Gasteiger partial charge in [-0.05, 0) is 29.7 Å². The lowest BCUT2D eigenvalue weighted by atomic mass is 10.1. The molecule has 25 heavy (non-hydrogen) atoms. The summed E-state index contributed by atoms with van der Waals surface area (Å²) in [6.45, 7) is 0. The number of benzene rings is 2. The molecular weight excluding hydrogens is 383 g/mol. The normalized spacial score (nSPS) is 11.2. The first-order valence-electron chi connectivity index (χ1n) is 7.21. The van der Waals surface area contributed by atoms with E-state index in [9.17, 15) is 4.79 Å². The van der Waals surface area contributed by atoms with Gasteiger partial charge in [0.1, 0.15) is 18.5 Å².